The van der Waals surface area contributed by atoms with Crippen molar-refractivity contribution >= 4 is 0 Å². The van der Waals surface area contributed by atoms with Gasteiger partial charge < -0.3 is 9.30 Å². The van der Waals surface area contributed by atoms with Crippen LogP contribution in [0.5, 0.6) is 5.75 Å². The van der Waals surface area contributed by atoms with Crippen LogP contribution in [0.25, 0.3) is 11.3 Å². The Kier molecular flexibility index (Phi) is 2.47. The van der Waals surface area contributed by atoms with Crippen LogP contribution < -0.4 is 10.3 Å². The summed E-state index contributed by atoms with van der Waals surface area (Å²) in [5.41, 5.74) is 4.64. The lowest BCUT2D eigenvalue weighted by Gasteiger charge is -2.23. The van der Waals surface area contributed by atoms with Crippen molar-refractivity contribution in [1.82, 2.24) is 4.57 Å². The molecule has 0 unspecified atom stereocenters. The van der Waals surface area contributed by atoms with Crippen LogP contribution in [0.15, 0.2) is 35.1 Å². The fourth-order valence-corrected chi connectivity index (χ4v) is 2.62. The number of pyridine rings is 1. The van der Waals surface area contributed by atoms with Crippen LogP contribution in [0.4, 0.5) is 0 Å². The Morgan fingerprint density at radius 1 is 1.22 bits per heavy atom. The quantitative estimate of drug-likeness (QED) is 0.767. The number of aryl methyl sites for hydroxylation is 2. The van der Waals surface area contributed by atoms with Gasteiger partial charge in [-0.3, -0.25) is 4.79 Å². The van der Waals surface area contributed by atoms with Crippen LogP contribution in [0.2, 0.25) is 0 Å². The summed E-state index contributed by atoms with van der Waals surface area (Å²) in [7, 11) is 1.66. The first-order valence-corrected chi connectivity index (χ1v) is 6.08. The van der Waals surface area contributed by atoms with E-state index in [9.17, 15) is 4.79 Å². The second-order valence-electron chi connectivity index (χ2n) is 4.63. The molecule has 0 N–H and O–H groups in total. The van der Waals surface area contributed by atoms with Gasteiger partial charge in [-0.1, -0.05) is 12.1 Å². The molecule has 0 fully saturated rings. The normalized spacial score (nSPS) is 12.8. The van der Waals surface area contributed by atoms with Gasteiger partial charge in [0.25, 0.3) is 5.56 Å². The number of aromatic nitrogens is 1. The van der Waals surface area contributed by atoms with Gasteiger partial charge in [0.1, 0.15) is 5.75 Å². The lowest BCUT2D eigenvalue weighted by Crippen LogP contribution is -2.26. The van der Waals surface area contributed by atoms with Crippen LogP contribution in [-0.2, 0) is 13.0 Å². The predicted molar refractivity (Wildman–Crippen MR) is 71.1 cm³/mol. The topological polar surface area (TPSA) is 31.2 Å². The van der Waals surface area contributed by atoms with Crippen molar-refractivity contribution in [3.05, 3.63) is 51.8 Å². The van der Waals surface area contributed by atoms with Gasteiger partial charge in [-0.2, -0.15) is 0 Å². The molecular weight excluding hydrogens is 226 g/mol. The number of nitrogens with zero attached hydrogens (tertiary/aromatic N) is 1. The molecule has 2 aromatic rings. The molecule has 3 nitrogen and oxygen atoms in total. The summed E-state index contributed by atoms with van der Waals surface area (Å²) in [4.78, 5) is 11.9. The average molecular weight is 241 g/mol. The van der Waals surface area contributed by atoms with Crippen molar-refractivity contribution in [2.24, 2.45) is 0 Å². The smallest absolute Gasteiger partial charge is 0.251 e. The molecule has 0 radical (unpaired) electrons. The van der Waals surface area contributed by atoms with Crippen molar-refractivity contribution < 1.29 is 4.74 Å². The van der Waals surface area contributed by atoms with Crippen molar-refractivity contribution in [3.63, 3.8) is 0 Å². The summed E-state index contributed by atoms with van der Waals surface area (Å²) < 4.78 is 7.14. The second-order valence-corrected chi connectivity index (χ2v) is 4.63. The van der Waals surface area contributed by atoms with Gasteiger partial charge in [0.15, 0.2) is 0 Å². The monoisotopic (exact) mass is 241 g/mol. The SMILES string of the molecule is COc1ccc2c(c1)-c1c(C)ccc(=O)n1CC2. The minimum atomic E-state index is 0.0732. The lowest BCUT2D eigenvalue weighted by molar-refractivity contribution is 0.414. The van der Waals surface area contributed by atoms with Gasteiger partial charge in [-0.05, 0) is 36.6 Å². The summed E-state index contributed by atoms with van der Waals surface area (Å²) in [5, 5.41) is 0. The number of benzene rings is 1. The van der Waals surface area contributed by atoms with Crippen molar-refractivity contribution in [2.75, 3.05) is 7.11 Å². The van der Waals surface area contributed by atoms with Gasteiger partial charge in [0, 0.05) is 18.2 Å². The van der Waals surface area contributed by atoms with E-state index in [4.69, 9.17) is 4.74 Å². The van der Waals surface area contributed by atoms with Crippen molar-refractivity contribution in [1.29, 1.82) is 0 Å². The molecule has 0 aliphatic carbocycles. The van der Waals surface area contributed by atoms with E-state index in [2.05, 4.69) is 6.07 Å². The van der Waals surface area contributed by atoms with E-state index < -0.39 is 0 Å². The van der Waals surface area contributed by atoms with Crippen LogP contribution >= 0.6 is 0 Å². The Bertz CT molecular complexity index is 671. The van der Waals surface area contributed by atoms with E-state index in [1.165, 1.54) is 5.56 Å². The minimum absolute atomic E-state index is 0.0732. The molecule has 92 valence electrons. The predicted octanol–water partition coefficient (Wildman–Crippen LogP) is 2.39. The Hall–Kier alpha value is -2.03. The molecule has 2 heterocycles. The molecule has 3 heteroatoms. The Morgan fingerprint density at radius 2 is 2.06 bits per heavy atom. The number of rotatable bonds is 1. The highest BCUT2D eigenvalue weighted by atomic mass is 16.5. The summed E-state index contributed by atoms with van der Waals surface area (Å²) in [5.74, 6) is 0.831. The zero-order valence-corrected chi connectivity index (χ0v) is 10.6. The number of hydrogen-bond acceptors (Lipinski definition) is 2. The molecule has 18 heavy (non-hydrogen) atoms. The van der Waals surface area contributed by atoms with E-state index in [-0.39, 0.29) is 5.56 Å². The van der Waals surface area contributed by atoms with Crippen LogP contribution in [0.1, 0.15) is 11.1 Å². The summed E-state index contributed by atoms with van der Waals surface area (Å²) in [6.07, 6.45) is 0.898. The molecular formula is C15H15NO2. The molecule has 1 aliphatic rings. The highest BCUT2D eigenvalue weighted by molar-refractivity contribution is 5.70. The highest BCUT2D eigenvalue weighted by Crippen LogP contribution is 2.33. The lowest BCUT2D eigenvalue weighted by atomic mass is 9.94. The van der Waals surface area contributed by atoms with Crippen molar-refractivity contribution in [3.8, 4) is 17.0 Å². The second kappa shape index (κ2) is 4.02. The van der Waals surface area contributed by atoms with E-state index in [0.29, 0.717) is 0 Å². The molecule has 0 spiro atoms. The third-order valence-electron chi connectivity index (χ3n) is 3.56. The molecule has 1 aromatic carbocycles. The first kappa shape index (κ1) is 11.1. The maximum atomic E-state index is 11.9. The van der Waals surface area contributed by atoms with E-state index >= 15 is 0 Å². The standard InChI is InChI=1S/C15H15NO2/c1-10-3-6-14(17)16-8-7-11-4-5-12(18-2)9-13(11)15(10)16/h3-6,9H,7-8H2,1-2H3. The fourth-order valence-electron chi connectivity index (χ4n) is 2.62. The Balaban J connectivity index is 2.33. The Morgan fingerprint density at radius 3 is 2.83 bits per heavy atom. The first-order chi connectivity index (χ1) is 8.70. The largest absolute Gasteiger partial charge is 0.497 e. The summed E-state index contributed by atoms with van der Waals surface area (Å²) >= 11 is 0. The van der Waals surface area contributed by atoms with Crippen LogP contribution in [-0.4, -0.2) is 11.7 Å². The third kappa shape index (κ3) is 1.55. The van der Waals surface area contributed by atoms with Crippen LogP contribution in [0, 0.1) is 6.92 Å². The average Bonchev–Trinajstić information content (AvgIpc) is 2.41. The van der Waals surface area contributed by atoms with Gasteiger partial charge >= 0.3 is 0 Å². The molecule has 0 saturated heterocycles. The fraction of sp³-hybridized carbons (Fsp3) is 0.267. The Labute approximate surface area is 106 Å². The van der Waals surface area contributed by atoms with Gasteiger partial charge in [-0.25, -0.2) is 0 Å². The zero-order valence-electron chi connectivity index (χ0n) is 10.6. The van der Waals surface area contributed by atoms with E-state index in [1.54, 1.807) is 13.2 Å². The molecule has 1 aromatic heterocycles. The minimum Gasteiger partial charge on any atom is -0.497 e. The molecule has 1 aliphatic heterocycles. The van der Waals surface area contributed by atoms with Gasteiger partial charge in [0.05, 0.1) is 12.8 Å². The van der Waals surface area contributed by atoms with Crippen molar-refractivity contribution in [2.45, 2.75) is 19.9 Å². The first-order valence-electron chi connectivity index (χ1n) is 6.08. The number of fused-ring (bicyclic) bond motifs is 3. The molecule has 0 saturated carbocycles. The summed E-state index contributed by atoms with van der Waals surface area (Å²) in [6.45, 7) is 2.80. The molecule has 0 amide bonds. The third-order valence-corrected chi connectivity index (χ3v) is 3.56. The highest BCUT2D eigenvalue weighted by Gasteiger charge is 2.18. The molecule has 0 bridgehead atoms. The van der Waals surface area contributed by atoms with Gasteiger partial charge in [-0.15, -0.1) is 0 Å². The zero-order chi connectivity index (χ0) is 12.7. The van der Waals surface area contributed by atoms with E-state index in [1.807, 2.05) is 29.7 Å². The number of hydrogen-bond donors (Lipinski definition) is 0. The molecule has 0 atom stereocenters. The van der Waals surface area contributed by atoms with Crippen LogP contribution in [0.3, 0.4) is 0 Å². The number of ether oxygens (including phenoxy) is 1. The van der Waals surface area contributed by atoms with Gasteiger partial charge in [0.2, 0.25) is 0 Å². The maximum absolute atomic E-state index is 11.9. The maximum Gasteiger partial charge on any atom is 0.251 e. The number of methoxy groups -OCH3 is 1. The van der Waals surface area contributed by atoms with E-state index in [0.717, 1.165) is 35.5 Å². The summed E-state index contributed by atoms with van der Waals surface area (Å²) in [6, 6.07) is 9.62. The molecule has 3 rings (SSSR count).